The first-order valence-electron chi connectivity index (χ1n) is 7.57. The second-order valence-electron chi connectivity index (χ2n) is 5.56. The Morgan fingerprint density at radius 2 is 2.04 bits per heavy atom. The molecule has 26 heavy (non-hydrogen) atoms. The second kappa shape index (κ2) is 7.13. The van der Waals surface area contributed by atoms with Crippen LogP contribution in [0.1, 0.15) is 0 Å². The van der Waals surface area contributed by atoms with E-state index >= 15 is 0 Å². The summed E-state index contributed by atoms with van der Waals surface area (Å²) in [5.74, 6) is -0.480. The van der Waals surface area contributed by atoms with E-state index in [9.17, 15) is 14.0 Å². The van der Waals surface area contributed by atoms with Crippen molar-refractivity contribution in [2.24, 2.45) is 0 Å². The molecule has 6 nitrogen and oxygen atoms in total. The van der Waals surface area contributed by atoms with E-state index in [4.69, 9.17) is 16.0 Å². The van der Waals surface area contributed by atoms with Crippen LogP contribution < -0.4 is 10.5 Å². The number of methoxy groups -OCH3 is 1. The zero-order valence-electron chi connectivity index (χ0n) is 14.0. The summed E-state index contributed by atoms with van der Waals surface area (Å²) in [4.78, 5) is 29.2. The lowest BCUT2D eigenvalue weighted by Crippen LogP contribution is -2.27. The maximum absolute atomic E-state index is 13.3. The highest BCUT2D eigenvalue weighted by atomic mass is 35.5. The van der Waals surface area contributed by atoms with Crippen LogP contribution in [-0.4, -0.2) is 31.7 Å². The summed E-state index contributed by atoms with van der Waals surface area (Å²) in [6.07, 6.45) is 0. The van der Waals surface area contributed by atoms with Gasteiger partial charge in [-0.25, -0.2) is 9.18 Å². The Morgan fingerprint density at radius 3 is 2.73 bits per heavy atom. The summed E-state index contributed by atoms with van der Waals surface area (Å²) in [6, 6.07) is 8.57. The number of ether oxygens (including phenoxy) is 1. The molecule has 0 bridgehead atoms. The lowest BCUT2D eigenvalue weighted by atomic mass is 10.0. The van der Waals surface area contributed by atoms with Crippen molar-refractivity contribution in [3.8, 4) is 11.1 Å². The number of pyridine rings is 1. The maximum atomic E-state index is 13.3. The molecule has 0 amide bonds. The molecule has 2 aromatic heterocycles. The molecule has 8 heteroatoms. The van der Waals surface area contributed by atoms with Gasteiger partial charge in [0.2, 0.25) is 5.71 Å². The van der Waals surface area contributed by atoms with E-state index in [0.29, 0.717) is 22.3 Å². The largest absolute Gasteiger partial charge is 0.468 e. The van der Waals surface area contributed by atoms with Gasteiger partial charge in [-0.05, 0) is 30.3 Å². The fourth-order valence-corrected chi connectivity index (χ4v) is 2.79. The molecular weight excluding hydrogens is 363 g/mol. The molecule has 0 aliphatic heterocycles. The topological polar surface area (TPSA) is 72.6 Å². The Hall–Kier alpha value is -2.93. The quantitative estimate of drug-likeness (QED) is 0.651. The van der Waals surface area contributed by atoms with Crippen LogP contribution in [0.15, 0.2) is 45.6 Å². The number of fused-ring (bicyclic) bond motifs is 1. The number of anilines is 1. The van der Waals surface area contributed by atoms with E-state index in [-0.39, 0.29) is 17.3 Å². The zero-order valence-corrected chi connectivity index (χ0v) is 14.7. The molecule has 2 heterocycles. The number of esters is 1. The average Bonchev–Trinajstić information content (AvgIpc) is 2.60. The summed E-state index contributed by atoms with van der Waals surface area (Å²) >= 11 is 6.12. The first kappa shape index (κ1) is 17.9. The van der Waals surface area contributed by atoms with E-state index in [1.807, 2.05) is 0 Å². The van der Waals surface area contributed by atoms with Crippen LogP contribution in [0.2, 0.25) is 5.02 Å². The van der Waals surface area contributed by atoms with Crippen LogP contribution >= 0.6 is 11.6 Å². The number of halogens is 2. The van der Waals surface area contributed by atoms with E-state index in [1.165, 1.54) is 31.4 Å². The molecule has 0 N–H and O–H groups in total. The highest BCUT2D eigenvalue weighted by Gasteiger charge is 2.15. The van der Waals surface area contributed by atoms with Crippen LogP contribution in [0.25, 0.3) is 22.2 Å². The van der Waals surface area contributed by atoms with E-state index in [0.717, 1.165) is 0 Å². The standard InChI is InChI=1S/C18H14ClFN2O4/c1-22(9-17(24)25-2)15-6-5-12-13(8-16(23)26-18(12)21-15)11-4-3-10(20)7-14(11)19/h3-8H,9H2,1-2H3. The highest BCUT2D eigenvalue weighted by Crippen LogP contribution is 2.33. The van der Waals surface area contributed by atoms with Crippen molar-refractivity contribution < 1.29 is 18.3 Å². The molecule has 0 saturated heterocycles. The van der Waals surface area contributed by atoms with Crippen molar-refractivity contribution in [1.29, 1.82) is 0 Å². The number of hydrogen-bond donors (Lipinski definition) is 0. The van der Waals surface area contributed by atoms with Gasteiger partial charge in [0.05, 0.1) is 12.1 Å². The zero-order chi connectivity index (χ0) is 18.8. The molecule has 0 unspecified atom stereocenters. The molecule has 1 aromatic carbocycles. The molecule has 134 valence electrons. The van der Waals surface area contributed by atoms with E-state index < -0.39 is 17.4 Å². The van der Waals surface area contributed by atoms with Gasteiger partial charge in [-0.2, -0.15) is 4.98 Å². The smallest absolute Gasteiger partial charge is 0.338 e. The summed E-state index contributed by atoms with van der Waals surface area (Å²) in [5, 5.41) is 0.706. The molecule has 0 spiro atoms. The summed E-state index contributed by atoms with van der Waals surface area (Å²) in [7, 11) is 2.95. The van der Waals surface area contributed by atoms with Gasteiger partial charge in [0.1, 0.15) is 18.2 Å². The SMILES string of the molecule is COC(=O)CN(C)c1ccc2c(-c3ccc(F)cc3Cl)cc(=O)oc2n1. The Labute approximate surface area is 152 Å². The second-order valence-corrected chi connectivity index (χ2v) is 5.96. The van der Waals surface area contributed by atoms with Crippen molar-refractivity contribution >= 4 is 34.5 Å². The Kier molecular flexibility index (Phi) is 4.90. The van der Waals surface area contributed by atoms with Crippen molar-refractivity contribution in [2.75, 3.05) is 25.6 Å². The molecule has 0 atom stereocenters. The Bertz CT molecular complexity index is 1050. The van der Waals surface area contributed by atoms with Gasteiger partial charge in [0.25, 0.3) is 0 Å². The number of benzene rings is 1. The number of likely N-dealkylation sites (N-methyl/N-ethyl adjacent to an activating group) is 1. The molecule has 3 aromatic rings. The van der Waals surface area contributed by atoms with Crippen molar-refractivity contribution in [3.05, 3.63) is 57.7 Å². The third-order valence-corrected chi connectivity index (χ3v) is 4.11. The fraction of sp³-hybridized carbons (Fsp3) is 0.167. The van der Waals surface area contributed by atoms with Crippen LogP contribution in [0.3, 0.4) is 0 Å². The minimum absolute atomic E-state index is 0.0112. The number of carbonyl (C=O) groups excluding carboxylic acids is 1. The monoisotopic (exact) mass is 376 g/mol. The van der Waals surface area contributed by atoms with Crippen molar-refractivity contribution in [1.82, 2.24) is 4.98 Å². The van der Waals surface area contributed by atoms with Crippen LogP contribution in [0.4, 0.5) is 10.2 Å². The number of aromatic nitrogens is 1. The molecule has 3 rings (SSSR count). The third-order valence-electron chi connectivity index (χ3n) is 3.80. The lowest BCUT2D eigenvalue weighted by molar-refractivity contribution is -0.138. The van der Waals surface area contributed by atoms with Crippen LogP contribution in [0, 0.1) is 5.82 Å². The minimum Gasteiger partial charge on any atom is -0.468 e. The minimum atomic E-state index is -0.617. The first-order chi connectivity index (χ1) is 12.4. The van der Waals surface area contributed by atoms with Crippen LogP contribution in [-0.2, 0) is 9.53 Å². The van der Waals surface area contributed by atoms with Crippen LogP contribution in [0.5, 0.6) is 0 Å². The molecule has 0 aliphatic rings. The predicted molar refractivity (Wildman–Crippen MR) is 96.0 cm³/mol. The predicted octanol–water partition coefficient (Wildman–Crippen LogP) is 3.26. The van der Waals surface area contributed by atoms with Gasteiger partial charge < -0.3 is 14.1 Å². The van der Waals surface area contributed by atoms with Crippen molar-refractivity contribution in [2.45, 2.75) is 0 Å². The Morgan fingerprint density at radius 1 is 1.27 bits per heavy atom. The van der Waals surface area contributed by atoms with Gasteiger partial charge in [0.15, 0.2) is 0 Å². The highest BCUT2D eigenvalue weighted by molar-refractivity contribution is 6.33. The average molecular weight is 377 g/mol. The molecule has 0 aliphatic carbocycles. The number of hydrogen-bond acceptors (Lipinski definition) is 6. The summed E-state index contributed by atoms with van der Waals surface area (Å²) in [6.45, 7) is -0.0112. The van der Waals surface area contributed by atoms with Gasteiger partial charge in [-0.3, -0.25) is 4.79 Å². The molecular formula is C18H14ClFN2O4. The van der Waals surface area contributed by atoms with Gasteiger partial charge in [0, 0.05) is 29.6 Å². The number of carbonyl (C=O) groups is 1. The lowest BCUT2D eigenvalue weighted by Gasteiger charge is -2.17. The fourth-order valence-electron chi connectivity index (χ4n) is 2.52. The summed E-state index contributed by atoms with van der Waals surface area (Å²) in [5.41, 5.74) is 0.439. The third kappa shape index (κ3) is 3.52. The van der Waals surface area contributed by atoms with Gasteiger partial charge >= 0.3 is 11.6 Å². The van der Waals surface area contributed by atoms with Gasteiger partial charge in [-0.15, -0.1) is 0 Å². The maximum Gasteiger partial charge on any atom is 0.338 e. The van der Waals surface area contributed by atoms with E-state index in [2.05, 4.69) is 9.72 Å². The molecule has 0 saturated carbocycles. The normalized spacial score (nSPS) is 10.8. The molecule has 0 radical (unpaired) electrons. The van der Waals surface area contributed by atoms with Gasteiger partial charge in [-0.1, -0.05) is 11.6 Å². The number of nitrogens with zero attached hydrogens (tertiary/aromatic N) is 2. The van der Waals surface area contributed by atoms with E-state index in [1.54, 1.807) is 24.1 Å². The Balaban J connectivity index is 2.12. The molecule has 0 fully saturated rings. The van der Waals surface area contributed by atoms with Crippen molar-refractivity contribution in [3.63, 3.8) is 0 Å². The summed E-state index contributed by atoms with van der Waals surface area (Å²) < 4.78 is 23.1. The number of rotatable bonds is 4. The first-order valence-corrected chi connectivity index (χ1v) is 7.95.